The number of alkyl carbamates (subject to hydrolysis) is 1. The molecule has 0 unspecified atom stereocenters. The fraction of sp³-hybridized carbons (Fsp3) is 0.341. The molecular formula is C44H47N5O10. The molecule has 0 aromatic heterocycles. The molecule has 2 aliphatic rings. The second-order valence-electron chi connectivity index (χ2n) is 14.5. The van der Waals surface area contributed by atoms with Crippen molar-refractivity contribution in [3.63, 3.8) is 0 Å². The summed E-state index contributed by atoms with van der Waals surface area (Å²) in [6, 6.07) is 22.1. The Morgan fingerprint density at radius 3 is 2.02 bits per heavy atom. The molecule has 59 heavy (non-hydrogen) atoms. The predicted molar refractivity (Wildman–Crippen MR) is 218 cm³/mol. The van der Waals surface area contributed by atoms with Gasteiger partial charge >= 0.3 is 18.0 Å². The highest BCUT2D eigenvalue weighted by atomic mass is 16.5. The second-order valence-corrected chi connectivity index (χ2v) is 14.5. The molecule has 5 amide bonds. The van der Waals surface area contributed by atoms with Gasteiger partial charge < -0.3 is 35.1 Å². The first-order valence-corrected chi connectivity index (χ1v) is 19.4. The minimum Gasteiger partial charge on any atom is -0.469 e. The number of rotatable bonds is 17. The molecule has 0 saturated heterocycles. The number of nitrogens with one attached hydrogen (secondary N) is 3. The Morgan fingerprint density at radius 2 is 1.37 bits per heavy atom. The summed E-state index contributed by atoms with van der Waals surface area (Å²) in [6.45, 7) is -0.376. The zero-order chi connectivity index (χ0) is 42.2. The van der Waals surface area contributed by atoms with Crippen LogP contribution in [0.3, 0.4) is 0 Å². The lowest BCUT2D eigenvalue weighted by molar-refractivity contribution is -0.145. The van der Waals surface area contributed by atoms with Gasteiger partial charge in [0.15, 0.2) is 0 Å². The largest absolute Gasteiger partial charge is 0.469 e. The van der Waals surface area contributed by atoms with E-state index in [1.165, 1.54) is 7.11 Å². The number of nitrogens with zero attached hydrogens (tertiary/aromatic N) is 2. The smallest absolute Gasteiger partial charge is 0.407 e. The van der Waals surface area contributed by atoms with Gasteiger partial charge in [-0.15, -0.1) is 0 Å². The molecule has 0 spiro atoms. The van der Waals surface area contributed by atoms with Gasteiger partial charge in [0.25, 0.3) is 11.8 Å². The van der Waals surface area contributed by atoms with Crippen molar-refractivity contribution in [2.75, 3.05) is 52.9 Å². The molecule has 308 valence electrons. The average Bonchev–Trinajstić information content (AvgIpc) is 3.56. The van der Waals surface area contributed by atoms with E-state index in [-0.39, 0.29) is 57.7 Å². The van der Waals surface area contributed by atoms with Gasteiger partial charge in [0.1, 0.15) is 18.7 Å². The topological polar surface area (TPSA) is 190 Å². The fourth-order valence-electron chi connectivity index (χ4n) is 7.65. The molecule has 15 nitrogen and oxygen atoms in total. The SMILES string of the molecule is COC(=O)CCCC(=O)N[C@H](CCNC(=O)[C@@H](CCN1C(=O)c2cccc3c(N(C)C)ccc(c23)C1=O)NC(=O)OCC1c2ccccc2-c2ccccc21)C(=O)OC. The summed E-state index contributed by atoms with van der Waals surface area (Å²) < 4.78 is 15.2. The number of ether oxygens (including phenoxy) is 3. The molecule has 0 fully saturated rings. The van der Waals surface area contributed by atoms with Crippen molar-refractivity contribution in [2.24, 2.45) is 0 Å². The average molecular weight is 806 g/mol. The van der Waals surface area contributed by atoms with Crippen LogP contribution in [0, 0.1) is 0 Å². The molecule has 2 atom stereocenters. The molecule has 0 radical (unpaired) electrons. The van der Waals surface area contributed by atoms with Crippen LogP contribution in [0.1, 0.15) is 69.9 Å². The van der Waals surface area contributed by atoms with Gasteiger partial charge in [0.05, 0.1) is 14.2 Å². The van der Waals surface area contributed by atoms with Gasteiger partial charge in [0, 0.05) is 73.5 Å². The Balaban J connectivity index is 1.15. The molecule has 1 aliphatic heterocycles. The minimum atomic E-state index is -1.29. The third-order valence-corrected chi connectivity index (χ3v) is 10.6. The van der Waals surface area contributed by atoms with Crippen molar-refractivity contribution in [3.05, 3.63) is 101 Å². The highest BCUT2D eigenvalue weighted by Crippen LogP contribution is 2.44. The maximum Gasteiger partial charge on any atom is 0.407 e. The van der Waals surface area contributed by atoms with E-state index in [1.807, 2.05) is 79.7 Å². The normalized spacial score (nSPS) is 13.8. The Hall–Kier alpha value is -6.77. The molecular weight excluding hydrogens is 759 g/mol. The van der Waals surface area contributed by atoms with E-state index in [0.717, 1.165) is 45.3 Å². The van der Waals surface area contributed by atoms with Gasteiger partial charge in [-0.1, -0.05) is 60.7 Å². The van der Waals surface area contributed by atoms with E-state index in [2.05, 4.69) is 20.7 Å². The number of hydrogen-bond acceptors (Lipinski definition) is 11. The summed E-state index contributed by atoms with van der Waals surface area (Å²) in [6.07, 6.45) is -0.961. The number of esters is 2. The number of hydrogen-bond donors (Lipinski definition) is 3. The minimum absolute atomic E-state index is 0.0207. The van der Waals surface area contributed by atoms with Gasteiger partial charge in [-0.05, 0) is 59.7 Å². The first-order chi connectivity index (χ1) is 28.4. The van der Waals surface area contributed by atoms with Crippen LogP contribution in [0.4, 0.5) is 10.5 Å². The zero-order valence-corrected chi connectivity index (χ0v) is 33.4. The lowest BCUT2D eigenvalue weighted by atomic mass is 9.92. The number of carbonyl (C=O) groups is 7. The monoisotopic (exact) mass is 805 g/mol. The van der Waals surface area contributed by atoms with Crippen LogP contribution in [0.5, 0.6) is 0 Å². The van der Waals surface area contributed by atoms with Crippen LogP contribution < -0.4 is 20.9 Å². The van der Waals surface area contributed by atoms with E-state index in [9.17, 15) is 33.6 Å². The molecule has 15 heteroatoms. The number of amides is 5. The van der Waals surface area contributed by atoms with E-state index in [4.69, 9.17) is 9.47 Å². The van der Waals surface area contributed by atoms with Gasteiger partial charge in [-0.3, -0.25) is 28.9 Å². The third kappa shape index (κ3) is 9.19. The summed E-state index contributed by atoms with van der Waals surface area (Å²) in [5.74, 6) is -3.71. The van der Waals surface area contributed by atoms with E-state index in [0.29, 0.717) is 16.5 Å². The molecule has 4 aromatic rings. The molecule has 1 heterocycles. The van der Waals surface area contributed by atoms with Gasteiger partial charge in [-0.2, -0.15) is 0 Å². The van der Waals surface area contributed by atoms with E-state index in [1.54, 1.807) is 18.2 Å². The Kier molecular flexibility index (Phi) is 13.2. The maximum atomic E-state index is 13.9. The molecule has 6 rings (SSSR count). The fourth-order valence-corrected chi connectivity index (χ4v) is 7.65. The van der Waals surface area contributed by atoms with Crippen LogP contribution in [0.2, 0.25) is 0 Å². The van der Waals surface area contributed by atoms with Crippen LogP contribution in [-0.4, -0.2) is 107 Å². The van der Waals surface area contributed by atoms with Gasteiger partial charge in [0.2, 0.25) is 11.8 Å². The van der Waals surface area contributed by atoms with Crippen molar-refractivity contribution in [2.45, 2.75) is 50.1 Å². The number of imide groups is 1. The second kappa shape index (κ2) is 18.7. The quantitative estimate of drug-likeness (QED) is 0.0784. The molecule has 0 saturated carbocycles. The molecule has 3 N–H and O–H groups in total. The first kappa shape index (κ1) is 41.9. The predicted octanol–water partition coefficient (Wildman–Crippen LogP) is 4.31. The number of fused-ring (bicyclic) bond motifs is 3. The van der Waals surface area contributed by atoms with E-state index >= 15 is 0 Å². The molecule has 1 aliphatic carbocycles. The van der Waals surface area contributed by atoms with Crippen LogP contribution >= 0.6 is 0 Å². The summed E-state index contributed by atoms with van der Waals surface area (Å²) in [7, 11) is 6.15. The van der Waals surface area contributed by atoms with Crippen molar-refractivity contribution in [1.82, 2.24) is 20.9 Å². The highest BCUT2D eigenvalue weighted by molar-refractivity contribution is 6.26. The number of carbonyl (C=O) groups excluding carboxylic acids is 7. The zero-order valence-electron chi connectivity index (χ0n) is 33.4. The molecule has 4 aromatic carbocycles. The van der Waals surface area contributed by atoms with Crippen LogP contribution in [-0.2, 0) is 33.4 Å². The number of methoxy groups -OCH3 is 2. The lowest BCUT2D eigenvalue weighted by Crippen LogP contribution is -2.51. The van der Waals surface area contributed by atoms with Crippen molar-refractivity contribution in [1.29, 1.82) is 0 Å². The van der Waals surface area contributed by atoms with Crippen LogP contribution in [0.15, 0.2) is 78.9 Å². The number of benzene rings is 4. The van der Waals surface area contributed by atoms with Crippen LogP contribution in [0.25, 0.3) is 21.9 Å². The molecule has 0 bridgehead atoms. The summed E-state index contributed by atoms with van der Waals surface area (Å²) >= 11 is 0. The summed E-state index contributed by atoms with van der Waals surface area (Å²) in [5, 5.41) is 9.19. The first-order valence-electron chi connectivity index (χ1n) is 19.4. The van der Waals surface area contributed by atoms with Crippen molar-refractivity contribution < 1.29 is 47.8 Å². The Morgan fingerprint density at radius 1 is 0.729 bits per heavy atom. The number of anilines is 1. The summed E-state index contributed by atoms with van der Waals surface area (Å²) in [4.78, 5) is 94.5. The van der Waals surface area contributed by atoms with Crippen molar-refractivity contribution in [3.8, 4) is 11.1 Å². The Bertz CT molecular complexity index is 2220. The summed E-state index contributed by atoms with van der Waals surface area (Å²) in [5.41, 5.74) is 5.62. The van der Waals surface area contributed by atoms with Crippen molar-refractivity contribution >= 4 is 58.1 Å². The Labute approximate surface area is 341 Å². The lowest BCUT2D eigenvalue weighted by Gasteiger charge is -2.29. The highest BCUT2D eigenvalue weighted by Gasteiger charge is 2.35. The van der Waals surface area contributed by atoms with Gasteiger partial charge in [-0.25, -0.2) is 9.59 Å². The maximum absolute atomic E-state index is 13.9. The third-order valence-electron chi connectivity index (χ3n) is 10.6. The van der Waals surface area contributed by atoms with E-state index < -0.39 is 53.7 Å². The standard InChI is InChI=1S/C44H47N5O10/c1-48(2)36-20-19-32-39-30(36)15-9-16-31(39)41(53)49(42(32)54)24-22-34(40(52)45-23-21-35(43(55)58-4)46-37(50)17-10-18-38(51)57-3)47-44(56)59-25-33-28-13-7-5-11-26(28)27-12-6-8-14-29(27)33/h5-9,11-16,19-20,33-35H,10,17-18,21-25H2,1-4H3,(H,45,52)(H,46,50)(H,47,56)/t34-,35-/m1/s1.